The number of nitrogens with two attached hydrogens (primary N) is 1. The molecule has 0 saturated carbocycles. The molecule has 0 bridgehead atoms. The number of benzene rings is 2. The van der Waals surface area contributed by atoms with Crippen LogP contribution in [0.2, 0.25) is 0 Å². The summed E-state index contributed by atoms with van der Waals surface area (Å²) >= 11 is 0. The molecule has 0 amide bonds. The van der Waals surface area contributed by atoms with E-state index in [1.54, 1.807) is 18.2 Å². The number of anilines is 1. The number of nitrogens with zero attached hydrogens (tertiary/aromatic N) is 3. The monoisotopic (exact) mass is 439 g/mol. The van der Waals surface area contributed by atoms with Gasteiger partial charge in [0.05, 0.1) is 19.9 Å². The number of sulfonamides is 1. The molecular formula is C18H19F2N5O4S. The third-order valence-electron chi connectivity index (χ3n) is 4.17. The molecule has 0 saturated heterocycles. The number of nitrogen functional groups attached to an aromatic ring is 1. The molecule has 0 aliphatic carbocycles. The third-order valence-corrected chi connectivity index (χ3v) is 5.60. The highest BCUT2D eigenvalue weighted by molar-refractivity contribution is 7.89. The Balaban J connectivity index is 1.93. The number of alkyl halides is 2. The van der Waals surface area contributed by atoms with Gasteiger partial charge in [-0.3, -0.25) is 0 Å². The van der Waals surface area contributed by atoms with Gasteiger partial charge in [-0.1, -0.05) is 6.07 Å². The molecule has 2 aromatic carbocycles. The van der Waals surface area contributed by atoms with Gasteiger partial charge >= 0.3 is 0 Å². The van der Waals surface area contributed by atoms with Gasteiger partial charge in [0.25, 0.3) is 6.43 Å². The Labute approximate surface area is 171 Å². The van der Waals surface area contributed by atoms with Gasteiger partial charge in [-0.15, -0.1) is 5.10 Å². The normalized spacial score (nSPS) is 11.6. The van der Waals surface area contributed by atoms with E-state index in [0.29, 0.717) is 17.1 Å². The number of ether oxygens (including phenoxy) is 2. The first-order valence-electron chi connectivity index (χ1n) is 8.55. The van der Waals surface area contributed by atoms with Crippen molar-refractivity contribution < 1.29 is 26.7 Å². The van der Waals surface area contributed by atoms with E-state index in [1.807, 2.05) is 0 Å². The fourth-order valence-electron chi connectivity index (χ4n) is 2.68. The van der Waals surface area contributed by atoms with Crippen molar-refractivity contribution in [3.05, 3.63) is 54.1 Å². The van der Waals surface area contributed by atoms with Crippen molar-refractivity contribution in [2.24, 2.45) is 0 Å². The maximum absolute atomic E-state index is 13.0. The molecular weight excluding hydrogens is 420 g/mol. The Morgan fingerprint density at radius 2 is 1.93 bits per heavy atom. The van der Waals surface area contributed by atoms with Gasteiger partial charge in [0.1, 0.15) is 22.7 Å². The molecule has 12 heteroatoms. The Bertz CT molecular complexity index is 1150. The molecule has 0 aliphatic rings. The summed E-state index contributed by atoms with van der Waals surface area (Å²) in [7, 11) is -1.15. The van der Waals surface area contributed by atoms with Crippen LogP contribution in [0.1, 0.15) is 17.8 Å². The average Bonchev–Trinajstić information content (AvgIpc) is 3.22. The lowest BCUT2D eigenvalue weighted by Gasteiger charge is -2.14. The predicted octanol–water partition coefficient (Wildman–Crippen LogP) is 2.28. The first kappa shape index (κ1) is 21.5. The van der Waals surface area contributed by atoms with Gasteiger partial charge in [0, 0.05) is 23.9 Å². The van der Waals surface area contributed by atoms with E-state index >= 15 is 0 Å². The summed E-state index contributed by atoms with van der Waals surface area (Å²) in [5, 5.41) is 3.64. The quantitative estimate of drug-likeness (QED) is 0.517. The van der Waals surface area contributed by atoms with Crippen molar-refractivity contribution in [3.63, 3.8) is 0 Å². The molecule has 0 atom stereocenters. The number of nitrogens with one attached hydrogen (secondary N) is 1. The van der Waals surface area contributed by atoms with Gasteiger partial charge in [-0.05, 0) is 24.3 Å². The van der Waals surface area contributed by atoms with E-state index < -0.39 is 22.3 Å². The van der Waals surface area contributed by atoms with Crippen LogP contribution in [0.3, 0.4) is 0 Å². The van der Waals surface area contributed by atoms with Crippen LogP contribution in [-0.2, 0) is 16.6 Å². The molecule has 0 radical (unpaired) electrons. The summed E-state index contributed by atoms with van der Waals surface area (Å²) in [6, 6.07) is 8.96. The van der Waals surface area contributed by atoms with E-state index in [9.17, 15) is 17.2 Å². The van der Waals surface area contributed by atoms with Crippen LogP contribution in [0.4, 0.5) is 14.5 Å². The number of methoxy groups -OCH3 is 2. The summed E-state index contributed by atoms with van der Waals surface area (Å²) in [5.41, 5.74) is 6.51. The van der Waals surface area contributed by atoms with Crippen molar-refractivity contribution in [2.75, 3.05) is 20.0 Å². The first-order chi connectivity index (χ1) is 14.2. The Kier molecular flexibility index (Phi) is 6.17. The molecule has 1 heterocycles. The maximum Gasteiger partial charge on any atom is 0.299 e. The molecule has 30 heavy (non-hydrogen) atoms. The largest absolute Gasteiger partial charge is 0.497 e. The van der Waals surface area contributed by atoms with Crippen molar-refractivity contribution in [1.82, 2.24) is 19.5 Å². The Hall–Kier alpha value is -3.25. The molecule has 9 nitrogen and oxygen atoms in total. The van der Waals surface area contributed by atoms with Crippen LogP contribution in [0.15, 0.2) is 47.6 Å². The summed E-state index contributed by atoms with van der Waals surface area (Å²) < 4.78 is 65.4. The smallest absolute Gasteiger partial charge is 0.299 e. The van der Waals surface area contributed by atoms with Crippen molar-refractivity contribution >= 4 is 15.7 Å². The zero-order valence-electron chi connectivity index (χ0n) is 16.0. The third kappa shape index (κ3) is 4.49. The summed E-state index contributed by atoms with van der Waals surface area (Å²) in [4.78, 5) is 3.26. The average molecular weight is 439 g/mol. The minimum absolute atomic E-state index is 0.0257. The van der Waals surface area contributed by atoms with Crippen molar-refractivity contribution in [2.45, 2.75) is 17.9 Å². The zero-order chi connectivity index (χ0) is 21.9. The first-order valence-corrected chi connectivity index (χ1v) is 10.0. The number of hydrogen-bond donors (Lipinski definition) is 2. The highest BCUT2D eigenvalue weighted by Gasteiger charge is 2.23. The number of rotatable bonds is 8. The molecule has 3 N–H and O–H groups in total. The van der Waals surface area contributed by atoms with E-state index in [-0.39, 0.29) is 22.8 Å². The highest BCUT2D eigenvalue weighted by atomic mass is 32.2. The summed E-state index contributed by atoms with van der Waals surface area (Å²) in [6.45, 7) is -0.0939. The maximum atomic E-state index is 13.0. The number of aromatic nitrogens is 3. The number of halogens is 2. The van der Waals surface area contributed by atoms with Crippen LogP contribution in [-0.4, -0.2) is 37.4 Å². The molecule has 0 unspecified atom stereocenters. The summed E-state index contributed by atoms with van der Waals surface area (Å²) in [5.74, 6) is 0.270. The van der Waals surface area contributed by atoms with E-state index in [2.05, 4.69) is 14.8 Å². The minimum atomic E-state index is -4.10. The van der Waals surface area contributed by atoms with Gasteiger partial charge in [0.15, 0.2) is 0 Å². The molecule has 0 fully saturated rings. The number of hydrogen-bond acceptors (Lipinski definition) is 7. The minimum Gasteiger partial charge on any atom is -0.497 e. The van der Waals surface area contributed by atoms with Gasteiger partial charge in [-0.25, -0.2) is 31.6 Å². The van der Waals surface area contributed by atoms with Crippen molar-refractivity contribution in [1.29, 1.82) is 0 Å². The molecule has 0 spiro atoms. The lowest BCUT2D eigenvalue weighted by atomic mass is 10.2. The van der Waals surface area contributed by atoms with E-state index in [0.717, 1.165) is 11.0 Å². The van der Waals surface area contributed by atoms with Gasteiger partial charge in [0.2, 0.25) is 15.8 Å². The molecule has 3 aromatic rings. The lowest BCUT2D eigenvalue weighted by molar-refractivity contribution is 0.140. The Morgan fingerprint density at radius 3 is 2.57 bits per heavy atom. The van der Waals surface area contributed by atoms with Crippen molar-refractivity contribution in [3.8, 4) is 17.2 Å². The van der Waals surface area contributed by atoms with Crippen LogP contribution >= 0.6 is 0 Å². The predicted molar refractivity (Wildman–Crippen MR) is 104 cm³/mol. The second-order valence-corrected chi connectivity index (χ2v) is 7.81. The fraction of sp³-hybridized carbons (Fsp3) is 0.222. The molecule has 0 aliphatic heterocycles. The SMILES string of the molecule is COc1ccc(CNS(=O)(=O)c2cc(N)ccc2-n2cnc(C(F)F)n2)c(OC)c1. The molecule has 3 rings (SSSR count). The van der Waals surface area contributed by atoms with Crippen LogP contribution in [0.25, 0.3) is 5.69 Å². The van der Waals surface area contributed by atoms with Crippen LogP contribution < -0.4 is 19.9 Å². The Morgan fingerprint density at radius 1 is 1.17 bits per heavy atom. The lowest BCUT2D eigenvalue weighted by Crippen LogP contribution is -2.25. The van der Waals surface area contributed by atoms with Gasteiger partial charge in [-0.2, -0.15) is 0 Å². The van der Waals surface area contributed by atoms with Gasteiger partial charge < -0.3 is 15.2 Å². The molecule has 1 aromatic heterocycles. The summed E-state index contributed by atoms with van der Waals surface area (Å²) in [6.07, 6.45) is -1.88. The van der Waals surface area contributed by atoms with E-state index in [1.165, 1.54) is 32.4 Å². The fourth-order valence-corrected chi connectivity index (χ4v) is 3.90. The topological polar surface area (TPSA) is 121 Å². The second-order valence-electron chi connectivity index (χ2n) is 6.08. The zero-order valence-corrected chi connectivity index (χ0v) is 16.9. The standard InChI is InChI=1S/C18H19F2N5O4S/c1-28-13-5-3-11(15(8-13)29-2)9-23-30(26,27)16-7-12(21)4-6-14(16)25-10-22-18(24-25)17(19)20/h3-8,10,17,23H,9,21H2,1-2H3. The highest BCUT2D eigenvalue weighted by Crippen LogP contribution is 2.27. The molecule has 160 valence electrons. The van der Waals surface area contributed by atoms with E-state index in [4.69, 9.17) is 15.2 Å². The van der Waals surface area contributed by atoms with Crippen LogP contribution in [0.5, 0.6) is 11.5 Å². The second kappa shape index (κ2) is 8.63. The van der Waals surface area contributed by atoms with Crippen LogP contribution in [0, 0.1) is 0 Å².